The van der Waals surface area contributed by atoms with Crippen molar-refractivity contribution in [2.24, 2.45) is 0 Å². The predicted octanol–water partition coefficient (Wildman–Crippen LogP) is 5.02. The minimum absolute atomic E-state index is 0.0470. The first-order valence-corrected chi connectivity index (χ1v) is 9.38. The summed E-state index contributed by atoms with van der Waals surface area (Å²) in [6.07, 6.45) is 2.53. The molecule has 2 aromatic carbocycles. The lowest BCUT2D eigenvalue weighted by Gasteiger charge is -2.07. The second-order valence-corrected chi connectivity index (χ2v) is 7.57. The second-order valence-electron chi connectivity index (χ2n) is 6.02. The Morgan fingerprint density at radius 1 is 1.15 bits per heavy atom. The Morgan fingerprint density at radius 3 is 2.65 bits per heavy atom. The molecule has 0 bridgehead atoms. The molecular weight excluding hydrogens is 368 g/mol. The smallest absolute Gasteiger partial charge is 0.264 e. The fraction of sp³-hybridized carbons (Fsp3) is 0.200. The highest BCUT2D eigenvalue weighted by Gasteiger charge is 2.09. The van der Waals surface area contributed by atoms with Gasteiger partial charge in [-0.2, -0.15) is 0 Å². The number of thiazole rings is 1. The van der Waals surface area contributed by atoms with Crippen LogP contribution in [0.3, 0.4) is 0 Å². The van der Waals surface area contributed by atoms with Crippen LogP contribution in [-0.2, 0) is 11.2 Å². The molecule has 1 heterocycles. The molecular formula is C20H19ClN2O2S. The van der Waals surface area contributed by atoms with E-state index in [-0.39, 0.29) is 12.5 Å². The predicted molar refractivity (Wildman–Crippen MR) is 106 cm³/mol. The van der Waals surface area contributed by atoms with Crippen molar-refractivity contribution in [3.8, 4) is 5.75 Å². The van der Waals surface area contributed by atoms with E-state index in [1.54, 1.807) is 6.20 Å². The van der Waals surface area contributed by atoms with Crippen LogP contribution < -0.4 is 10.1 Å². The van der Waals surface area contributed by atoms with Crippen LogP contribution in [0.2, 0.25) is 5.02 Å². The van der Waals surface area contributed by atoms with Crippen LogP contribution in [0, 0.1) is 13.8 Å². The van der Waals surface area contributed by atoms with Gasteiger partial charge in [0, 0.05) is 22.5 Å². The molecule has 0 aliphatic rings. The fourth-order valence-electron chi connectivity index (χ4n) is 2.36. The largest absolute Gasteiger partial charge is 0.484 e. The van der Waals surface area contributed by atoms with Crippen LogP contribution in [-0.4, -0.2) is 17.5 Å². The molecule has 1 amide bonds. The Hall–Kier alpha value is -2.37. The zero-order valence-electron chi connectivity index (χ0n) is 14.6. The van der Waals surface area contributed by atoms with Gasteiger partial charge in [-0.1, -0.05) is 29.8 Å². The van der Waals surface area contributed by atoms with Crippen molar-refractivity contribution >= 4 is 34.0 Å². The number of aryl methyl sites for hydroxylation is 2. The molecule has 1 N–H and O–H groups in total. The highest BCUT2D eigenvalue weighted by molar-refractivity contribution is 7.15. The molecule has 26 heavy (non-hydrogen) atoms. The maximum absolute atomic E-state index is 12.1. The van der Waals surface area contributed by atoms with Gasteiger partial charge in [0.2, 0.25) is 0 Å². The van der Waals surface area contributed by atoms with Crippen molar-refractivity contribution in [2.45, 2.75) is 20.3 Å². The standard InChI is InChI=1S/C20H19ClN2O2S/c1-13-3-8-17(9-14(13)2)25-12-19(24)23-20-22-11-18(26-20)10-15-4-6-16(21)7-5-15/h3-9,11H,10,12H2,1-2H3,(H,22,23,24). The third-order valence-corrected chi connectivity index (χ3v) is 5.10. The van der Waals surface area contributed by atoms with Crippen LogP contribution in [0.15, 0.2) is 48.7 Å². The number of benzene rings is 2. The van der Waals surface area contributed by atoms with E-state index in [1.807, 2.05) is 56.3 Å². The first kappa shape index (κ1) is 18.4. The van der Waals surface area contributed by atoms with Gasteiger partial charge in [-0.3, -0.25) is 10.1 Å². The summed E-state index contributed by atoms with van der Waals surface area (Å²) in [4.78, 5) is 17.4. The van der Waals surface area contributed by atoms with Crippen molar-refractivity contribution in [3.63, 3.8) is 0 Å². The van der Waals surface area contributed by atoms with E-state index >= 15 is 0 Å². The molecule has 0 saturated heterocycles. The van der Waals surface area contributed by atoms with Crippen molar-refractivity contribution in [3.05, 3.63) is 75.3 Å². The van der Waals surface area contributed by atoms with Gasteiger partial charge in [0.1, 0.15) is 5.75 Å². The van der Waals surface area contributed by atoms with Crippen LogP contribution in [0.5, 0.6) is 5.75 Å². The van der Waals surface area contributed by atoms with E-state index < -0.39 is 0 Å². The topological polar surface area (TPSA) is 51.2 Å². The van der Waals surface area contributed by atoms with E-state index in [0.717, 1.165) is 27.4 Å². The zero-order chi connectivity index (χ0) is 18.5. The number of aromatic nitrogens is 1. The lowest BCUT2D eigenvalue weighted by molar-refractivity contribution is -0.118. The maximum Gasteiger partial charge on any atom is 0.264 e. The van der Waals surface area contributed by atoms with Gasteiger partial charge in [0.15, 0.2) is 11.7 Å². The Bertz CT molecular complexity index is 906. The Morgan fingerprint density at radius 2 is 1.92 bits per heavy atom. The third kappa shape index (κ3) is 5.07. The Kier molecular flexibility index (Phi) is 5.91. The maximum atomic E-state index is 12.1. The van der Waals surface area contributed by atoms with Gasteiger partial charge in [-0.25, -0.2) is 4.98 Å². The quantitative estimate of drug-likeness (QED) is 0.647. The molecule has 0 aliphatic heterocycles. The highest BCUT2D eigenvalue weighted by atomic mass is 35.5. The molecule has 0 saturated carbocycles. The van der Waals surface area contributed by atoms with Crippen molar-refractivity contribution < 1.29 is 9.53 Å². The molecule has 4 nitrogen and oxygen atoms in total. The first-order chi connectivity index (χ1) is 12.5. The highest BCUT2D eigenvalue weighted by Crippen LogP contribution is 2.22. The Balaban J connectivity index is 1.52. The first-order valence-electron chi connectivity index (χ1n) is 8.18. The van der Waals surface area contributed by atoms with Gasteiger partial charge in [0.25, 0.3) is 5.91 Å². The minimum Gasteiger partial charge on any atom is -0.484 e. The van der Waals surface area contributed by atoms with E-state index in [9.17, 15) is 4.79 Å². The number of halogens is 1. The molecule has 0 fully saturated rings. The average molecular weight is 387 g/mol. The third-order valence-electron chi connectivity index (χ3n) is 3.94. The molecule has 0 atom stereocenters. The van der Waals surface area contributed by atoms with E-state index in [0.29, 0.717) is 10.9 Å². The van der Waals surface area contributed by atoms with Gasteiger partial charge in [-0.15, -0.1) is 11.3 Å². The van der Waals surface area contributed by atoms with Crippen molar-refractivity contribution in [1.29, 1.82) is 0 Å². The molecule has 0 spiro atoms. The number of carbonyl (C=O) groups is 1. The number of ether oxygens (including phenoxy) is 1. The van der Waals surface area contributed by atoms with Crippen molar-refractivity contribution in [2.75, 3.05) is 11.9 Å². The molecule has 0 radical (unpaired) electrons. The summed E-state index contributed by atoms with van der Waals surface area (Å²) >= 11 is 7.35. The lowest BCUT2D eigenvalue weighted by Crippen LogP contribution is -2.20. The summed E-state index contributed by atoms with van der Waals surface area (Å²) in [6, 6.07) is 13.5. The number of carbonyl (C=O) groups excluding carboxylic acids is 1. The van der Waals surface area contributed by atoms with E-state index in [4.69, 9.17) is 16.3 Å². The summed E-state index contributed by atoms with van der Waals surface area (Å²) in [6.45, 7) is 4.00. The number of rotatable bonds is 6. The number of hydrogen-bond donors (Lipinski definition) is 1. The monoisotopic (exact) mass is 386 g/mol. The molecule has 6 heteroatoms. The van der Waals surface area contributed by atoms with Gasteiger partial charge in [-0.05, 0) is 54.8 Å². The molecule has 134 valence electrons. The molecule has 1 aromatic heterocycles. The molecule has 3 rings (SSSR count). The summed E-state index contributed by atoms with van der Waals surface area (Å²) in [5, 5.41) is 4.07. The number of anilines is 1. The summed E-state index contributed by atoms with van der Waals surface area (Å²) in [7, 11) is 0. The van der Waals surface area contributed by atoms with Gasteiger partial charge >= 0.3 is 0 Å². The number of nitrogens with one attached hydrogen (secondary N) is 1. The number of hydrogen-bond acceptors (Lipinski definition) is 4. The lowest BCUT2D eigenvalue weighted by atomic mass is 10.1. The SMILES string of the molecule is Cc1ccc(OCC(=O)Nc2ncc(Cc3ccc(Cl)cc3)s2)cc1C. The molecule has 0 aliphatic carbocycles. The number of amides is 1. The van der Waals surface area contributed by atoms with E-state index in [1.165, 1.54) is 16.9 Å². The normalized spacial score (nSPS) is 10.6. The zero-order valence-corrected chi connectivity index (χ0v) is 16.2. The fourth-order valence-corrected chi connectivity index (χ4v) is 3.35. The second kappa shape index (κ2) is 8.34. The molecule has 3 aromatic rings. The minimum atomic E-state index is -0.226. The summed E-state index contributed by atoms with van der Waals surface area (Å²) < 4.78 is 5.54. The average Bonchev–Trinajstić information content (AvgIpc) is 3.05. The Labute approximate surface area is 161 Å². The van der Waals surface area contributed by atoms with Crippen LogP contribution in [0.1, 0.15) is 21.6 Å². The number of nitrogens with zero attached hydrogens (tertiary/aromatic N) is 1. The van der Waals surface area contributed by atoms with Crippen LogP contribution >= 0.6 is 22.9 Å². The van der Waals surface area contributed by atoms with Gasteiger partial charge in [0.05, 0.1) is 0 Å². The summed E-state index contributed by atoms with van der Waals surface area (Å²) in [5.74, 6) is 0.460. The van der Waals surface area contributed by atoms with Crippen LogP contribution in [0.25, 0.3) is 0 Å². The van der Waals surface area contributed by atoms with E-state index in [2.05, 4.69) is 10.3 Å². The van der Waals surface area contributed by atoms with Gasteiger partial charge < -0.3 is 4.74 Å². The molecule has 0 unspecified atom stereocenters. The van der Waals surface area contributed by atoms with Crippen molar-refractivity contribution in [1.82, 2.24) is 4.98 Å². The van der Waals surface area contributed by atoms with Crippen LogP contribution in [0.4, 0.5) is 5.13 Å². The summed E-state index contributed by atoms with van der Waals surface area (Å²) in [5.41, 5.74) is 3.47.